The largest absolute Gasteiger partial charge is 0.369 e. The van der Waals surface area contributed by atoms with E-state index in [1.165, 1.54) is 39.7 Å². The molecule has 0 unspecified atom stereocenters. The van der Waals surface area contributed by atoms with E-state index in [1.807, 2.05) is 53.4 Å². The molecule has 0 aliphatic carbocycles. The SMILES string of the molecule is Cc1ccc(C)c(CN2C(=O)C(=Cc3ccc(C(=O)NCCCN4CCN(c5cc(C)ccc5C)CC4)cc3)Sc3ccccc32)c1. The molecule has 2 aliphatic heterocycles. The normalized spacial score (nSPS) is 16.0. The lowest BCUT2D eigenvalue weighted by Crippen LogP contribution is -2.47. The number of aryl methyl sites for hydroxylation is 4. The summed E-state index contributed by atoms with van der Waals surface area (Å²) in [6.07, 6.45) is 2.85. The molecule has 4 aromatic carbocycles. The Kier molecular flexibility index (Phi) is 10.1. The van der Waals surface area contributed by atoms with Crippen molar-refractivity contribution in [3.05, 3.63) is 129 Å². The summed E-state index contributed by atoms with van der Waals surface area (Å²) in [5.74, 6) is -0.0798. The summed E-state index contributed by atoms with van der Waals surface area (Å²) in [7, 11) is 0. The van der Waals surface area contributed by atoms with Crippen LogP contribution in [0.25, 0.3) is 6.08 Å². The second-order valence-corrected chi connectivity index (χ2v) is 13.8. The standard InChI is InChI=1S/C40H44N4O2S/c1-28-10-12-30(3)34(24-28)27-44-35-8-5-6-9-37(35)47-38(40(44)46)26-32-14-16-33(17-15-32)39(45)41-18-7-19-42-20-22-43(23-21-42)36-25-29(2)11-13-31(36)4/h5-6,8-17,24-26H,7,18-23,27H2,1-4H3,(H,41,45). The van der Waals surface area contributed by atoms with Gasteiger partial charge in [0.05, 0.1) is 17.1 Å². The molecule has 6 rings (SSSR count). The first-order valence-electron chi connectivity index (χ1n) is 16.5. The number of anilines is 2. The number of amides is 2. The Bertz CT molecular complexity index is 1790. The molecule has 2 amide bonds. The van der Waals surface area contributed by atoms with E-state index in [4.69, 9.17) is 0 Å². The summed E-state index contributed by atoms with van der Waals surface area (Å²) in [6, 6.07) is 28.6. The first kappa shape index (κ1) is 32.6. The first-order valence-corrected chi connectivity index (χ1v) is 17.4. The van der Waals surface area contributed by atoms with E-state index in [1.54, 1.807) is 0 Å². The Morgan fingerprint density at radius 1 is 0.809 bits per heavy atom. The zero-order valence-electron chi connectivity index (χ0n) is 27.9. The summed E-state index contributed by atoms with van der Waals surface area (Å²) >= 11 is 1.50. The van der Waals surface area contributed by atoms with Crippen LogP contribution in [-0.2, 0) is 11.3 Å². The van der Waals surface area contributed by atoms with Gasteiger partial charge in [0.15, 0.2) is 0 Å². The van der Waals surface area contributed by atoms with Crippen molar-refractivity contribution in [2.45, 2.75) is 45.6 Å². The van der Waals surface area contributed by atoms with E-state index in [0.29, 0.717) is 23.6 Å². The molecule has 1 saturated heterocycles. The number of fused-ring (bicyclic) bond motifs is 1. The van der Waals surface area contributed by atoms with E-state index in [2.05, 4.69) is 85.3 Å². The number of benzene rings is 4. The van der Waals surface area contributed by atoms with E-state index >= 15 is 0 Å². The third-order valence-electron chi connectivity index (χ3n) is 9.15. The van der Waals surface area contributed by atoms with E-state index in [9.17, 15) is 9.59 Å². The minimum Gasteiger partial charge on any atom is -0.369 e. The van der Waals surface area contributed by atoms with Crippen molar-refractivity contribution >= 4 is 41.0 Å². The van der Waals surface area contributed by atoms with Crippen LogP contribution in [0.5, 0.6) is 0 Å². The highest BCUT2D eigenvalue weighted by molar-refractivity contribution is 8.04. The monoisotopic (exact) mass is 644 g/mol. The molecule has 0 aromatic heterocycles. The third kappa shape index (κ3) is 7.80. The molecule has 0 bridgehead atoms. The maximum Gasteiger partial charge on any atom is 0.265 e. The number of hydrogen-bond donors (Lipinski definition) is 1. The number of hydrogen-bond acceptors (Lipinski definition) is 5. The van der Waals surface area contributed by atoms with Crippen LogP contribution in [0.2, 0.25) is 0 Å². The van der Waals surface area contributed by atoms with Gasteiger partial charge in [-0.05, 0) is 105 Å². The minimum absolute atomic E-state index is 0.0110. The van der Waals surface area contributed by atoms with Gasteiger partial charge in [-0.1, -0.05) is 71.9 Å². The van der Waals surface area contributed by atoms with Gasteiger partial charge in [-0.3, -0.25) is 14.5 Å². The van der Waals surface area contributed by atoms with Crippen LogP contribution < -0.4 is 15.1 Å². The van der Waals surface area contributed by atoms with Gasteiger partial charge in [-0.15, -0.1) is 0 Å². The van der Waals surface area contributed by atoms with Gasteiger partial charge in [0, 0.05) is 48.9 Å². The summed E-state index contributed by atoms with van der Waals surface area (Å²) in [4.78, 5) is 35.3. The second kappa shape index (κ2) is 14.6. The molecule has 2 aliphatic rings. The number of para-hydroxylation sites is 1. The first-order chi connectivity index (χ1) is 22.7. The predicted octanol–water partition coefficient (Wildman–Crippen LogP) is 7.54. The zero-order chi connectivity index (χ0) is 32.9. The molecule has 0 spiro atoms. The fraction of sp³-hybridized carbons (Fsp3) is 0.300. The van der Waals surface area contributed by atoms with Crippen molar-refractivity contribution in [3.8, 4) is 0 Å². The molecule has 242 valence electrons. The van der Waals surface area contributed by atoms with Gasteiger partial charge in [-0.2, -0.15) is 0 Å². The van der Waals surface area contributed by atoms with Crippen molar-refractivity contribution < 1.29 is 9.59 Å². The Morgan fingerprint density at radius 2 is 1.51 bits per heavy atom. The van der Waals surface area contributed by atoms with Crippen molar-refractivity contribution in [1.82, 2.24) is 10.2 Å². The lowest BCUT2D eigenvalue weighted by Gasteiger charge is -2.37. The van der Waals surface area contributed by atoms with Crippen molar-refractivity contribution in [2.24, 2.45) is 0 Å². The van der Waals surface area contributed by atoms with E-state index in [-0.39, 0.29) is 11.8 Å². The van der Waals surface area contributed by atoms with Crippen LogP contribution >= 0.6 is 11.8 Å². The number of nitrogens with zero attached hydrogens (tertiary/aromatic N) is 3. The van der Waals surface area contributed by atoms with Crippen molar-refractivity contribution in [3.63, 3.8) is 0 Å². The Hall–Kier alpha value is -4.33. The molecule has 2 heterocycles. The molecular formula is C40H44N4O2S. The van der Waals surface area contributed by atoms with E-state index in [0.717, 1.165) is 60.9 Å². The number of nitrogens with one attached hydrogen (secondary N) is 1. The Morgan fingerprint density at radius 3 is 2.28 bits per heavy atom. The number of piperazine rings is 1. The quantitative estimate of drug-likeness (QED) is 0.151. The van der Waals surface area contributed by atoms with Crippen molar-refractivity contribution in [1.29, 1.82) is 0 Å². The smallest absolute Gasteiger partial charge is 0.265 e. The molecule has 47 heavy (non-hydrogen) atoms. The third-order valence-corrected chi connectivity index (χ3v) is 10.2. The number of thioether (sulfide) groups is 1. The average molecular weight is 645 g/mol. The van der Waals surface area contributed by atoms with Crippen molar-refractivity contribution in [2.75, 3.05) is 49.1 Å². The average Bonchev–Trinajstić information content (AvgIpc) is 3.08. The van der Waals surface area contributed by atoms with Crippen LogP contribution in [0.3, 0.4) is 0 Å². The number of rotatable bonds is 9. The molecule has 0 atom stereocenters. The fourth-order valence-electron chi connectivity index (χ4n) is 6.32. The molecule has 0 saturated carbocycles. The van der Waals surface area contributed by atoms with Crippen LogP contribution in [0.15, 0.2) is 94.7 Å². The maximum atomic E-state index is 13.8. The van der Waals surface area contributed by atoms with Crippen LogP contribution in [0.1, 0.15) is 50.2 Å². The predicted molar refractivity (Wildman–Crippen MR) is 195 cm³/mol. The molecule has 6 nitrogen and oxygen atoms in total. The van der Waals surface area contributed by atoms with E-state index < -0.39 is 0 Å². The molecule has 4 aromatic rings. The van der Waals surface area contributed by atoms with Gasteiger partial charge in [-0.25, -0.2) is 0 Å². The molecule has 7 heteroatoms. The van der Waals surface area contributed by atoms with Gasteiger partial charge in [0.2, 0.25) is 0 Å². The summed E-state index contributed by atoms with van der Waals surface area (Å²) < 4.78 is 0. The van der Waals surface area contributed by atoms with Gasteiger partial charge >= 0.3 is 0 Å². The highest BCUT2D eigenvalue weighted by Crippen LogP contribution is 2.42. The molecule has 0 radical (unpaired) electrons. The van der Waals surface area contributed by atoms with Gasteiger partial charge < -0.3 is 15.1 Å². The van der Waals surface area contributed by atoms with Gasteiger partial charge in [0.25, 0.3) is 11.8 Å². The molecule has 1 N–H and O–H groups in total. The zero-order valence-corrected chi connectivity index (χ0v) is 28.7. The highest BCUT2D eigenvalue weighted by Gasteiger charge is 2.29. The number of carbonyl (C=O) groups excluding carboxylic acids is 2. The summed E-state index contributed by atoms with van der Waals surface area (Å²) in [6.45, 7) is 14.8. The van der Waals surface area contributed by atoms with Crippen LogP contribution in [-0.4, -0.2) is 56.0 Å². The molecular weight excluding hydrogens is 601 g/mol. The maximum absolute atomic E-state index is 13.8. The lowest BCUT2D eigenvalue weighted by atomic mass is 10.0. The molecule has 1 fully saturated rings. The Balaban J connectivity index is 1.02. The summed E-state index contributed by atoms with van der Waals surface area (Å²) in [5, 5.41) is 3.09. The second-order valence-electron chi connectivity index (χ2n) is 12.7. The Labute approximate surface area is 283 Å². The van der Waals surface area contributed by atoms with Crippen LogP contribution in [0.4, 0.5) is 11.4 Å². The topological polar surface area (TPSA) is 55.9 Å². The fourth-order valence-corrected chi connectivity index (χ4v) is 7.38. The number of carbonyl (C=O) groups is 2. The highest BCUT2D eigenvalue weighted by atomic mass is 32.2. The van der Waals surface area contributed by atoms with Gasteiger partial charge in [0.1, 0.15) is 0 Å². The summed E-state index contributed by atoms with van der Waals surface area (Å²) in [5.41, 5.74) is 9.93. The van der Waals surface area contributed by atoms with Crippen LogP contribution in [0, 0.1) is 27.7 Å². The minimum atomic E-state index is -0.0688. The lowest BCUT2D eigenvalue weighted by molar-refractivity contribution is -0.114.